The van der Waals surface area contributed by atoms with Gasteiger partial charge in [-0.05, 0) is 24.7 Å². The molecule has 1 rings (SSSR count). The second-order valence-corrected chi connectivity index (χ2v) is 7.47. The number of carbonyl (C=O) groups excluding carboxylic acids is 1. The van der Waals surface area contributed by atoms with Gasteiger partial charge >= 0.3 is 0 Å². The highest BCUT2D eigenvalue weighted by Gasteiger charge is 2.21. The molecular formula is C18H29NOS. The van der Waals surface area contributed by atoms with Crippen LogP contribution in [0, 0.1) is 6.92 Å². The van der Waals surface area contributed by atoms with Gasteiger partial charge < -0.3 is 5.32 Å². The van der Waals surface area contributed by atoms with E-state index in [9.17, 15) is 4.79 Å². The third-order valence-corrected chi connectivity index (χ3v) is 4.71. The smallest absolute Gasteiger partial charge is 0.220 e. The first-order valence-electron chi connectivity index (χ1n) is 7.87. The molecule has 3 heteroatoms. The molecule has 1 aromatic carbocycles. The molecule has 0 radical (unpaired) electrons. The third-order valence-electron chi connectivity index (χ3n) is 3.64. The van der Waals surface area contributed by atoms with Crippen molar-refractivity contribution in [3.05, 3.63) is 35.4 Å². The molecule has 1 aromatic rings. The third kappa shape index (κ3) is 7.03. The summed E-state index contributed by atoms with van der Waals surface area (Å²) >= 11 is 1.88. The molecule has 0 atom stereocenters. The van der Waals surface area contributed by atoms with Gasteiger partial charge in [0.25, 0.3) is 0 Å². The number of aryl methyl sites for hydroxylation is 1. The molecule has 118 valence electrons. The molecule has 0 heterocycles. The number of thioether (sulfide) groups is 1. The molecule has 0 spiro atoms. The van der Waals surface area contributed by atoms with Crippen LogP contribution in [0.1, 0.15) is 51.2 Å². The van der Waals surface area contributed by atoms with E-state index >= 15 is 0 Å². The summed E-state index contributed by atoms with van der Waals surface area (Å²) in [6.45, 7) is 9.34. The number of carbonyl (C=O) groups is 1. The number of rotatable bonds is 9. The van der Waals surface area contributed by atoms with Crippen LogP contribution in [0.4, 0.5) is 0 Å². The maximum atomic E-state index is 11.9. The van der Waals surface area contributed by atoms with Crippen molar-refractivity contribution in [2.45, 2.75) is 52.4 Å². The van der Waals surface area contributed by atoms with Crippen molar-refractivity contribution in [1.82, 2.24) is 5.32 Å². The van der Waals surface area contributed by atoms with Crippen LogP contribution < -0.4 is 5.32 Å². The van der Waals surface area contributed by atoms with Crippen molar-refractivity contribution in [1.29, 1.82) is 0 Å². The number of nitrogens with one attached hydrogen (secondary N) is 1. The van der Waals surface area contributed by atoms with Crippen LogP contribution in [0.3, 0.4) is 0 Å². The van der Waals surface area contributed by atoms with E-state index in [-0.39, 0.29) is 11.3 Å². The largest absolute Gasteiger partial charge is 0.355 e. The van der Waals surface area contributed by atoms with Crippen LogP contribution in [-0.4, -0.2) is 24.0 Å². The average Bonchev–Trinajstić information content (AvgIpc) is 2.45. The van der Waals surface area contributed by atoms with E-state index in [0.29, 0.717) is 13.0 Å². The van der Waals surface area contributed by atoms with Crippen LogP contribution in [0.5, 0.6) is 0 Å². The van der Waals surface area contributed by atoms with Gasteiger partial charge in [-0.3, -0.25) is 4.79 Å². The zero-order chi connectivity index (χ0) is 15.7. The zero-order valence-corrected chi connectivity index (χ0v) is 14.7. The lowest BCUT2D eigenvalue weighted by atomic mass is 9.84. The minimum absolute atomic E-state index is 0.0307. The van der Waals surface area contributed by atoms with Crippen molar-refractivity contribution in [2.24, 2.45) is 0 Å². The fraction of sp³-hybridized carbons (Fsp3) is 0.611. The fourth-order valence-corrected chi connectivity index (χ4v) is 3.12. The topological polar surface area (TPSA) is 29.1 Å². The summed E-state index contributed by atoms with van der Waals surface area (Å²) < 4.78 is 0. The van der Waals surface area contributed by atoms with E-state index in [1.807, 2.05) is 11.8 Å². The van der Waals surface area contributed by atoms with Crippen molar-refractivity contribution < 1.29 is 4.79 Å². The highest BCUT2D eigenvalue weighted by molar-refractivity contribution is 7.99. The Kier molecular flexibility index (Phi) is 7.87. The number of amides is 1. The Labute approximate surface area is 134 Å². The predicted octanol–water partition coefficient (Wildman–Crippen LogP) is 4.31. The van der Waals surface area contributed by atoms with Crippen LogP contribution in [0.2, 0.25) is 0 Å². The van der Waals surface area contributed by atoms with Gasteiger partial charge in [-0.2, -0.15) is 11.8 Å². The Bertz CT molecular complexity index is 443. The Morgan fingerprint density at radius 2 is 2.05 bits per heavy atom. The molecule has 0 unspecified atom stereocenters. The number of hydrogen-bond acceptors (Lipinski definition) is 2. The van der Waals surface area contributed by atoms with Crippen molar-refractivity contribution >= 4 is 17.7 Å². The molecule has 21 heavy (non-hydrogen) atoms. The zero-order valence-electron chi connectivity index (χ0n) is 13.9. The summed E-state index contributed by atoms with van der Waals surface area (Å²) in [4.78, 5) is 11.9. The summed E-state index contributed by atoms with van der Waals surface area (Å²) in [6, 6.07) is 8.52. The summed E-state index contributed by atoms with van der Waals surface area (Å²) in [5, 5.41) is 3.08. The predicted molar refractivity (Wildman–Crippen MR) is 94.1 cm³/mol. The number of hydrogen-bond donors (Lipinski definition) is 1. The Balaban J connectivity index is 2.34. The second-order valence-electron chi connectivity index (χ2n) is 6.25. The van der Waals surface area contributed by atoms with Crippen molar-refractivity contribution in [3.63, 3.8) is 0 Å². The van der Waals surface area contributed by atoms with Gasteiger partial charge in [0.05, 0.1) is 0 Å². The summed E-state index contributed by atoms with van der Waals surface area (Å²) in [5.41, 5.74) is 2.51. The molecule has 0 aliphatic carbocycles. The van der Waals surface area contributed by atoms with E-state index in [1.165, 1.54) is 29.7 Å². The van der Waals surface area contributed by atoms with Gasteiger partial charge in [0.2, 0.25) is 5.91 Å². The molecule has 0 aliphatic rings. The van der Waals surface area contributed by atoms with E-state index in [0.717, 1.165) is 5.75 Å². The highest BCUT2D eigenvalue weighted by atomic mass is 32.2. The molecule has 0 aromatic heterocycles. The van der Waals surface area contributed by atoms with Crippen LogP contribution in [0.15, 0.2) is 24.3 Å². The SMILES string of the molecule is CCCCSCCC(=O)NCC(C)(C)c1cccc(C)c1. The normalized spacial score (nSPS) is 11.4. The van der Waals surface area contributed by atoms with Gasteiger partial charge in [0.1, 0.15) is 0 Å². The minimum Gasteiger partial charge on any atom is -0.355 e. The molecule has 0 bridgehead atoms. The lowest BCUT2D eigenvalue weighted by Gasteiger charge is -2.26. The van der Waals surface area contributed by atoms with Gasteiger partial charge in [-0.15, -0.1) is 0 Å². The molecule has 0 saturated heterocycles. The first kappa shape index (κ1) is 18.1. The van der Waals surface area contributed by atoms with E-state index in [4.69, 9.17) is 0 Å². The molecule has 0 saturated carbocycles. The summed E-state index contributed by atoms with van der Waals surface area (Å²) in [5.74, 6) is 2.26. The Hall–Kier alpha value is -0.960. The monoisotopic (exact) mass is 307 g/mol. The first-order chi connectivity index (χ1) is 9.95. The molecule has 1 amide bonds. The molecular weight excluding hydrogens is 278 g/mol. The van der Waals surface area contributed by atoms with Gasteiger partial charge in [-0.25, -0.2) is 0 Å². The van der Waals surface area contributed by atoms with Gasteiger partial charge in [-0.1, -0.05) is 57.0 Å². The Morgan fingerprint density at radius 3 is 2.71 bits per heavy atom. The number of unbranched alkanes of at least 4 members (excludes halogenated alkanes) is 1. The summed E-state index contributed by atoms with van der Waals surface area (Å²) in [7, 11) is 0. The van der Waals surface area contributed by atoms with Crippen molar-refractivity contribution in [3.8, 4) is 0 Å². The number of benzene rings is 1. The molecule has 2 nitrogen and oxygen atoms in total. The highest BCUT2D eigenvalue weighted by Crippen LogP contribution is 2.23. The van der Waals surface area contributed by atoms with Gasteiger partial charge in [0.15, 0.2) is 0 Å². The van der Waals surface area contributed by atoms with Crippen LogP contribution in [-0.2, 0) is 10.2 Å². The van der Waals surface area contributed by atoms with Crippen LogP contribution in [0.25, 0.3) is 0 Å². The summed E-state index contributed by atoms with van der Waals surface area (Å²) in [6.07, 6.45) is 3.09. The lowest BCUT2D eigenvalue weighted by molar-refractivity contribution is -0.120. The molecule has 1 N–H and O–H groups in total. The Morgan fingerprint density at radius 1 is 1.29 bits per heavy atom. The van der Waals surface area contributed by atoms with E-state index in [1.54, 1.807) is 0 Å². The second kappa shape index (κ2) is 9.14. The fourth-order valence-electron chi connectivity index (χ4n) is 2.09. The quantitative estimate of drug-likeness (QED) is 0.689. The molecule has 0 fully saturated rings. The standard InChI is InChI=1S/C18H29NOS/c1-5-6-11-21-12-10-17(20)19-14-18(3,4)16-9-7-8-15(2)13-16/h7-9,13H,5-6,10-12,14H2,1-4H3,(H,19,20). The van der Waals surface area contributed by atoms with Crippen molar-refractivity contribution in [2.75, 3.05) is 18.1 Å². The van der Waals surface area contributed by atoms with Gasteiger partial charge in [0, 0.05) is 24.1 Å². The van der Waals surface area contributed by atoms with E-state index in [2.05, 4.69) is 57.3 Å². The maximum absolute atomic E-state index is 11.9. The lowest BCUT2D eigenvalue weighted by Crippen LogP contribution is -2.36. The first-order valence-corrected chi connectivity index (χ1v) is 9.03. The maximum Gasteiger partial charge on any atom is 0.220 e. The molecule has 0 aliphatic heterocycles. The average molecular weight is 308 g/mol. The van der Waals surface area contributed by atoms with Crippen LogP contribution >= 0.6 is 11.8 Å². The van der Waals surface area contributed by atoms with E-state index < -0.39 is 0 Å². The minimum atomic E-state index is -0.0307.